The molecule has 0 aromatic heterocycles. The molecule has 8 nitrogen and oxygen atoms in total. The van der Waals surface area contributed by atoms with E-state index in [0.29, 0.717) is 6.29 Å². The van der Waals surface area contributed by atoms with Crippen LogP contribution in [0.2, 0.25) is 0 Å². The van der Waals surface area contributed by atoms with E-state index in [1.807, 2.05) is 0 Å². The minimum atomic E-state index is -0.930. The first kappa shape index (κ1) is 17.7. The van der Waals surface area contributed by atoms with Gasteiger partial charge in [0.25, 0.3) is 0 Å². The normalized spacial score (nSPS) is 23.2. The van der Waals surface area contributed by atoms with Crippen LogP contribution in [-0.2, 0) is 23.8 Å². The van der Waals surface area contributed by atoms with Gasteiger partial charge < -0.3 is 24.1 Å². The first-order valence-corrected chi connectivity index (χ1v) is 7.28. The summed E-state index contributed by atoms with van der Waals surface area (Å²) in [6.07, 6.45) is -1.48. The number of benzene rings is 1. The quantitative estimate of drug-likeness (QED) is 0.630. The SMILES string of the molecule is COC(=O)[C@@H]1C[C@H](OC(C)=O)C[C@H](Oc2ccc(C=O)c(O)c2)O1. The van der Waals surface area contributed by atoms with Crippen molar-refractivity contribution in [1.29, 1.82) is 0 Å². The molecule has 0 bridgehead atoms. The lowest BCUT2D eigenvalue weighted by Gasteiger charge is -2.33. The van der Waals surface area contributed by atoms with Crippen LogP contribution in [0.5, 0.6) is 11.5 Å². The van der Waals surface area contributed by atoms with Crippen LogP contribution in [0.1, 0.15) is 30.1 Å². The lowest BCUT2D eigenvalue weighted by Crippen LogP contribution is -2.44. The molecule has 3 atom stereocenters. The molecule has 1 aliphatic heterocycles. The minimum Gasteiger partial charge on any atom is -0.507 e. The van der Waals surface area contributed by atoms with Gasteiger partial charge >= 0.3 is 11.9 Å². The molecule has 24 heavy (non-hydrogen) atoms. The fourth-order valence-electron chi connectivity index (χ4n) is 2.38. The maximum Gasteiger partial charge on any atom is 0.335 e. The molecule has 1 aromatic carbocycles. The second kappa shape index (κ2) is 7.78. The molecule has 1 heterocycles. The fraction of sp³-hybridized carbons (Fsp3) is 0.438. The summed E-state index contributed by atoms with van der Waals surface area (Å²) >= 11 is 0. The molecule has 1 aromatic rings. The Labute approximate surface area is 138 Å². The Morgan fingerprint density at radius 3 is 2.67 bits per heavy atom. The summed E-state index contributed by atoms with van der Waals surface area (Å²) < 4.78 is 20.9. The van der Waals surface area contributed by atoms with Crippen molar-refractivity contribution in [3.8, 4) is 11.5 Å². The van der Waals surface area contributed by atoms with E-state index in [-0.39, 0.29) is 29.9 Å². The number of aromatic hydroxyl groups is 1. The van der Waals surface area contributed by atoms with E-state index >= 15 is 0 Å². The Kier molecular flexibility index (Phi) is 5.75. The van der Waals surface area contributed by atoms with Gasteiger partial charge in [0.15, 0.2) is 12.4 Å². The van der Waals surface area contributed by atoms with E-state index in [1.54, 1.807) is 0 Å². The van der Waals surface area contributed by atoms with Crippen molar-refractivity contribution in [1.82, 2.24) is 0 Å². The highest BCUT2D eigenvalue weighted by molar-refractivity contribution is 5.79. The summed E-state index contributed by atoms with van der Waals surface area (Å²) in [5.41, 5.74) is 0.122. The number of hydrogen-bond acceptors (Lipinski definition) is 8. The van der Waals surface area contributed by atoms with Crippen molar-refractivity contribution in [2.75, 3.05) is 7.11 Å². The maximum atomic E-state index is 11.7. The van der Waals surface area contributed by atoms with E-state index in [9.17, 15) is 19.5 Å². The van der Waals surface area contributed by atoms with Gasteiger partial charge in [0, 0.05) is 25.8 Å². The van der Waals surface area contributed by atoms with Crippen LogP contribution < -0.4 is 4.74 Å². The number of ether oxygens (including phenoxy) is 4. The number of methoxy groups -OCH3 is 1. The van der Waals surface area contributed by atoms with Crippen LogP contribution in [-0.4, -0.2) is 48.9 Å². The summed E-state index contributed by atoms with van der Waals surface area (Å²) in [5, 5.41) is 9.67. The Morgan fingerprint density at radius 2 is 2.08 bits per heavy atom. The maximum absolute atomic E-state index is 11.7. The van der Waals surface area contributed by atoms with Crippen LogP contribution in [0.3, 0.4) is 0 Å². The van der Waals surface area contributed by atoms with Gasteiger partial charge in [-0.3, -0.25) is 9.59 Å². The second-order valence-corrected chi connectivity index (χ2v) is 5.24. The smallest absolute Gasteiger partial charge is 0.335 e. The van der Waals surface area contributed by atoms with Gasteiger partial charge in [-0.15, -0.1) is 0 Å². The van der Waals surface area contributed by atoms with Crippen LogP contribution in [0.25, 0.3) is 0 Å². The zero-order chi connectivity index (χ0) is 17.7. The summed E-state index contributed by atoms with van der Waals surface area (Å²) in [6, 6.07) is 4.13. The van der Waals surface area contributed by atoms with Gasteiger partial charge in [-0.2, -0.15) is 0 Å². The zero-order valence-electron chi connectivity index (χ0n) is 13.3. The Hall–Kier alpha value is -2.61. The lowest BCUT2D eigenvalue weighted by atomic mass is 10.0. The van der Waals surface area contributed by atoms with E-state index in [1.165, 1.54) is 32.2 Å². The summed E-state index contributed by atoms with van der Waals surface area (Å²) in [5.74, 6) is -1.06. The van der Waals surface area contributed by atoms with E-state index in [0.717, 1.165) is 0 Å². The molecule has 1 aliphatic rings. The predicted octanol–water partition coefficient (Wildman–Crippen LogP) is 1.19. The molecule has 0 saturated carbocycles. The Bertz CT molecular complexity index is 627. The summed E-state index contributed by atoms with van der Waals surface area (Å²) in [6.45, 7) is 1.27. The molecular formula is C16H18O8. The van der Waals surface area contributed by atoms with Crippen molar-refractivity contribution >= 4 is 18.2 Å². The second-order valence-electron chi connectivity index (χ2n) is 5.24. The van der Waals surface area contributed by atoms with Crippen LogP contribution in [0, 0.1) is 0 Å². The number of carbonyl (C=O) groups excluding carboxylic acids is 3. The third-order valence-corrected chi connectivity index (χ3v) is 3.44. The van der Waals surface area contributed by atoms with Gasteiger partial charge in [0.05, 0.1) is 12.7 Å². The number of phenolic OH excluding ortho intramolecular Hbond substituents is 1. The number of esters is 2. The average molecular weight is 338 g/mol. The molecule has 8 heteroatoms. The van der Waals surface area contributed by atoms with E-state index < -0.39 is 30.4 Å². The minimum absolute atomic E-state index is 0.122. The van der Waals surface area contributed by atoms with Gasteiger partial charge in [0.2, 0.25) is 6.29 Å². The van der Waals surface area contributed by atoms with Gasteiger partial charge in [-0.25, -0.2) is 4.79 Å². The number of hydrogen-bond donors (Lipinski definition) is 1. The molecule has 1 N–H and O–H groups in total. The predicted molar refractivity (Wildman–Crippen MR) is 79.6 cm³/mol. The number of carbonyl (C=O) groups is 3. The van der Waals surface area contributed by atoms with Crippen molar-refractivity contribution in [2.24, 2.45) is 0 Å². The molecular weight excluding hydrogens is 320 g/mol. The van der Waals surface area contributed by atoms with E-state index in [2.05, 4.69) is 4.74 Å². The highest BCUT2D eigenvalue weighted by atomic mass is 16.7. The highest BCUT2D eigenvalue weighted by Crippen LogP contribution is 2.28. The van der Waals surface area contributed by atoms with Crippen LogP contribution in [0.15, 0.2) is 18.2 Å². The van der Waals surface area contributed by atoms with Gasteiger partial charge in [-0.05, 0) is 12.1 Å². The monoisotopic (exact) mass is 338 g/mol. The number of phenols is 1. The van der Waals surface area contributed by atoms with Crippen molar-refractivity contribution in [3.63, 3.8) is 0 Å². The Balaban J connectivity index is 2.11. The van der Waals surface area contributed by atoms with Crippen LogP contribution >= 0.6 is 0 Å². The van der Waals surface area contributed by atoms with Crippen molar-refractivity contribution < 1.29 is 38.4 Å². The van der Waals surface area contributed by atoms with Crippen molar-refractivity contribution in [3.05, 3.63) is 23.8 Å². The lowest BCUT2D eigenvalue weighted by molar-refractivity contribution is -0.204. The molecule has 2 rings (SSSR count). The zero-order valence-corrected chi connectivity index (χ0v) is 13.3. The van der Waals surface area contributed by atoms with Gasteiger partial charge in [0.1, 0.15) is 17.6 Å². The standard InChI is InChI=1S/C16H18O8/c1-9(18)22-12-6-14(16(20)21-2)24-15(7-12)23-11-4-3-10(8-17)13(19)5-11/h3-5,8,12,14-15,19H,6-7H2,1-2H3/t12-,14-,15+/m0/s1. The molecule has 1 saturated heterocycles. The van der Waals surface area contributed by atoms with E-state index in [4.69, 9.17) is 14.2 Å². The third kappa shape index (κ3) is 4.45. The molecule has 1 fully saturated rings. The topological polar surface area (TPSA) is 108 Å². The largest absolute Gasteiger partial charge is 0.507 e. The fourth-order valence-corrected chi connectivity index (χ4v) is 2.38. The summed E-state index contributed by atoms with van der Waals surface area (Å²) in [4.78, 5) is 33.6. The third-order valence-electron chi connectivity index (χ3n) is 3.44. The molecule has 0 spiro atoms. The first-order valence-electron chi connectivity index (χ1n) is 7.28. The Morgan fingerprint density at radius 1 is 1.33 bits per heavy atom. The number of aldehydes is 1. The molecule has 0 aliphatic carbocycles. The highest BCUT2D eigenvalue weighted by Gasteiger charge is 2.37. The molecule has 0 amide bonds. The molecule has 130 valence electrons. The number of rotatable bonds is 5. The average Bonchev–Trinajstić information content (AvgIpc) is 2.53. The molecule has 0 radical (unpaired) electrons. The van der Waals surface area contributed by atoms with Crippen LogP contribution in [0.4, 0.5) is 0 Å². The molecule has 0 unspecified atom stereocenters. The van der Waals surface area contributed by atoms with Crippen molar-refractivity contribution in [2.45, 2.75) is 38.3 Å². The first-order chi connectivity index (χ1) is 11.4. The summed E-state index contributed by atoms with van der Waals surface area (Å²) in [7, 11) is 1.23. The van der Waals surface area contributed by atoms with Gasteiger partial charge in [-0.1, -0.05) is 0 Å².